The molecule has 0 spiro atoms. The van der Waals surface area contributed by atoms with Crippen molar-refractivity contribution in [2.24, 2.45) is 0 Å². The molecule has 0 saturated carbocycles. The number of carbonyl (C=O) groups excluding carboxylic acids is 1. The minimum absolute atomic E-state index is 0.439. The highest BCUT2D eigenvalue weighted by molar-refractivity contribution is 5.89. The van der Waals surface area contributed by atoms with Gasteiger partial charge in [-0.25, -0.2) is 4.79 Å². The highest BCUT2D eigenvalue weighted by Gasteiger charge is 2.33. The maximum Gasteiger partial charge on any atom is 0.573 e. The van der Waals surface area contributed by atoms with Crippen LogP contribution in [-0.4, -0.2) is 29.6 Å². The standard InChI is InChI=1S/C11H6F6O5/c12-10(13,14)4-8(18)21-6-1-5(9(19)20)2-7(3-6)22-11(15,16)17/h1-3H,4H2,(H,19,20). The molecule has 5 nitrogen and oxygen atoms in total. The fourth-order valence-corrected chi connectivity index (χ4v) is 1.28. The normalized spacial score (nSPS) is 11.9. The largest absolute Gasteiger partial charge is 0.573 e. The van der Waals surface area contributed by atoms with Crippen LogP contribution < -0.4 is 9.47 Å². The van der Waals surface area contributed by atoms with Crippen molar-refractivity contribution >= 4 is 11.9 Å². The lowest BCUT2D eigenvalue weighted by atomic mass is 10.2. The highest BCUT2D eigenvalue weighted by atomic mass is 19.4. The number of halogens is 6. The van der Waals surface area contributed by atoms with E-state index in [1.54, 1.807) is 0 Å². The molecule has 0 saturated heterocycles. The van der Waals surface area contributed by atoms with Gasteiger partial charge in [-0.3, -0.25) is 4.79 Å². The number of carboxylic acids is 1. The van der Waals surface area contributed by atoms with Crippen LogP contribution in [0.2, 0.25) is 0 Å². The predicted molar refractivity (Wildman–Crippen MR) is 56.4 cm³/mol. The summed E-state index contributed by atoms with van der Waals surface area (Å²) in [6.45, 7) is 0. The third-order valence-corrected chi connectivity index (χ3v) is 1.94. The van der Waals surface area contributed by atoms with Gasteiger partial charge in [-0.1, -0.05) is 0 Å². The Morgan fingerprint density at radius 3 is 2.00 bits per heavy atom. The molecular formula is C11H6F6O5. The fraction of sp³-hybridized carbons (Fsp3) is 0.273. The van der Waals surface area contributed by atoms with Crippen molar-refractivity contribution in [2.45, 2.75) is 19.0 Å². The lowest BCUT2D eigenvalue weighted by molar-refractivity contribution is -0.274. The van der Waals surface area contributed by atoms with Gasteiger partial charge in [0.2, 0.25) is 0 Å². The molecule has 1 aromatic rings. The van der Waals surface area contributed by atoms with E-state index in [1.165, 1.54) is 0 Å². The van der Waals surface area contributed by atoms with Gasteiger partial charge in [-0.15, -0.1) is 13.2 Å². The Morgan fingerprint density at radius 1 is 1.00 bits per heavy atom. The number of hydrogen-bond donors (Lipinski definition) is 1. The van der Waals surface area contributed by atoms with Crippen molar-refractivity contribution in [1.29, 1.82) is 0 Å². The van der Waals surface area contributed by atoms with Gasteiger partial charge in [0, 0.05) is 6.07 Å². The molecule has 0 aliphatic carbocycles. The molecule has 0 atom stereocenters. The second-order valence-corrected chi connectivity index (χ2v) is 3.81. The van der Waals surface area contributed by atoms with Crippen LogP contribution in [0.3, 0.4) is 0 Å². The summed E-state index contributed by atoms with van der Waals surface area (Å²) >= 11 is 0. The SMILES string of the molecule is O=C(CC(F)(F)F)Oc1cc(OC(F)(F)F)cc(C(=O)O)c1. The van der Waals surface area contributed by atoms with Crippen molar-refractivity contribution < 1.29 is 50.5 Å². The Labute approximate surface area is 118 Å². The van der Waals surface area contributed by atoms with E-state index in [0.29, 0.717) is 18.2 Å². The van der Waals surface area contributed by atoms with Crippen LogP contribution in [0, 0.1) is 0 Å². The molecule has 0 fully saturated rings. The summed E-state index contributed by atoms with van der Waals surface area (Å²) in [7, 11) is 0. The van der Waals surface area contributed by atoms with Gasteiger partial charge in [0.05, 0.1) is 5.56 Å². The van der Waals surface area contributed by atoms with E-state index >= 15 is 0 Å². The van der Waals surface area contributed by atoms with Gasteiger partial charge in [0.25, 0.3) is 0 Å². The second kappa shape index (κ2) is 6.12. The van der Waals surface area contributed by atoms with Gasteiger partial charge in [-0.05, 0) is 12.1 Å². The quantitative estimate of drug-likeness (QED) is 0.521. The Balaban J connectivity index is 3.03. The van der Waals surface area contributed by atoms with E-state index in [-0.39, 0.29) is 0 Å². The summed E-state index contributed by atoms with van der Waals surface area (Å²) in [5, 5.41) is 8.70. The molecule has 1 rings (SSSR count). The molecule has 0 radical (unpaired) electrons. The first-order valence-corrected chi connectivity index (χ1v) is 5.27. The Bertz CT molecular complexity index is 577. The third kappa shape index (κ3) is 6.33. The molecule has 0 aliphatic heterocycles. The van der Waals surface area contributed by atoms with Gasteiger partial charge in [0.15, 0.2) is 0 Å². The minimum atomic E-state index is -5.16. The Hall–Kier alpha value is -2.46. The molecule has 22 heavy (non-hydrogen) atoms. The fourth-order valence-electron chi connectivity index (χ4n) is 1.28. The zero-order valence-electron chi connectivity index (χ0n) is 10.3. The van der Waals surface area contributed by atoms with Crippen molar-refractivity contribution in [1.82, 2.24) is 0 Å². The minimum Gasteiger partial charge on any atom is -0.478 e. The molecule has 0 bridgehead atoms. The van der Waals surface area contributed by atoms with Crippen LogP contribution in [0.1, 0.15) is 16.8 Å². The zero-order valence-corrected chi connectivity index (χ0v) is 10.3. The average Bonchev–Trinajstić information content (AvgIpc) is 2.22. The maximum atomic E-state index is 12.1. The molecule has 0 aliphatic rings. The van der Waals surface area contributed by atoms with Crippen LogP contribution in [0.5, 0.6) is 11.5 Å². The first-order valence-electron chi connectivity index (χ1n) is 5.27. The summed E-state index contributed by atoms with van der Waals surface area (Å²) in [6, 6.07) is 1.49. The van der Waals surface area contributed by atoms with Crippen LogP contribution in [0.4, 0.5) is 26.3 Å². The number of esters is 1. The number of carboxylic acid groups (broad SMARTS) is 1. The van der Waals surface area contributed by atoms with E-state index in [2.05, 4.69) is 9.47 Å². The maximum absolute atomic E-state index is 12.1. The second-order valence-electron chi connectivity index (χ2n) is 3.81. The predicted octanol–water partition coefficient (Wildman–Crippen LogP) is 3.14. The number of carbonyl (C=O) groups is 2. The lowest BCUT2D eigenvalue weighted by Gasteiger charge is -2.12. The number of hydrogen-bond acceptors (Lipinski definition) is 4. The van der Waals surface area contributed by atoms with Crippen molar-refractivity contribution in [3.05, 3.63) is 23.8 Å². The first-order chi connectivity index (χ1) is 9.85. The number of rotatable bonds is 4. The number of ether oxygens (including phenoxy) is 2. The molecule has 1 aromatic carbocycles. The van der Waals surface area contributed by atoms with Crippen LogP contribution >= 0.6 is 0 Å². The molecule has 0 aromatic heterocycles. The van der Waals surface area contributed by atoms with Gasteiger partial charge in [0.1, 0.15) is 17.9 Å². The lowest BCUT2D eigenvalue weighted by Crippen LogP contribution is -2.20. The van der Waals surface area contributed by atoms with Crippen molar-refractivity contribution in [2.75, 3.05) is 0 Å². The van der Waals surface area contributed by atoms with Gasteiger partial charge >= 0.3 is 24.5 Å². The molecule has 0 unspecified atom stereocenters. The van der Waals surface area contributed by atoms with E-state index in [9.17, 15) is 35.9 Å². The monoisotopic (exact) mass is 332 g/mol. The Morgan fingerprint density at radius 2 is 1.55 bits per heavy atom. The first kappa shape index (κ1) is 17.6. The molecule has 1 N–H and O–H groups in total. The molecule has 122 valence electrons. The number of benzene rings is 1. The summed E-state index contributed by atoms with van der Waals surface area (Å²) in [5.41, 5.74) is -0.767. The zero-order chi connectivity index (χ0) is 17.1. The van der Waals surface area contributed by atoms with Crippen LogP contribution in [0.25, 0.3) is 0 Å². The summed E-state index contributed by atoms with van der Waals surface area (Å²) < 4.78 is 79.6. The third-order valence-electron chi connectivity index (χ3n) is 1.94. The average molecular weight is 332 g/mol. The summed E-state index contributed by atoms with van der Waals surface area (Å²) in [6.07, 6.45) is -12.0. The van der Waals surface area contributed by atoms with E-state index in [1.807, 2.05) is 0 Å². The van der Waals surface area contributed by atoms with Crippen molar-refractivity contribution in [3.63, 3.8) is 0 Å². The van der Waals surface area contributed by atoms with E-state index in [4.69, 9.17) is 5.11 Å². The molecule has 0 heterocycles. The molecule has 0 amide bonds. The van der Waals surface area contributed by atoms with E-state index in [0.717, 1.165) is 0 Å². The van der Waals surface area contributed by atoms with Crippen LogP contribution in [0.15, 0.2) is 18.2 Å². The smallest absolute Gasteiger partial charge is 0.478 e. The van der Waals surface area contributed by atoms with Gasteiger partial charge in [-0.2, -0.15) is 13.2 Å². The van der Waals surface area contributed by atoms with Crippen LogP contribution in [-0.2, 0) is 4.79 Å². The number of aromatic carboxylic acids is 1. The topological polar surface area (TPSA) is 72.8 Å². The van der Waals surface area contributed by atoms with E-state index < -0.39 is 48.0 Å². The molecular weight excluding hydrogens is 326 g/mol. The Kier molecular flexibility index (Phi) is 4.89. The molecule has 11 heteroatoms. The van der Waals surface area contributed by atoms with Crippen molar-refractivity contribution in [3.8, 4) is 11.5 Å². The number of alkyl halides is 6. The summed E-state index contributed by atoms with van der Waals surface area (Å²) in [5.74, 6) is -5.38. The highest BCUT2D eigenvalue weighted by Crippen LogP contribution is 2.29. The van der Waals surface area contributed by atoms with Gasteiger partial charge < -0.3 is 14.6 Å². The summed E-state index contributed by atoms with van der Waals surface area (Å²) in [4.78, 5) is 21.7.